The van der Waals surface area contributed by atoms with Gasteiger partial charge in [0.15, 0.2) is 0 Å². The van der Waals surface area contributed by atoms with Crippen molar-refractivity contribution in [3.8, 4) is 11.5 Å². The van der Waals surface area contributed by atoms with Crippen LogP contribution in [0.3, 0.4) is 0 Å². The standard InChI is InChI=1S/C26H37N3O6S/c1-6-8-17-27-26(31)22(7-2)28(18-20-13-15-21(34-3)16-14-20)25(30)19-29(36(5,32)33)23-11-9-10-12-24(23)35-4/h9-16,22H,6-8,17-19H2,1-5H3,(H,27,31)/t22-/m1/s1. The molecular formula is C26H37N3O6S. The lowest BCUT2D eigenvalue weighted by molar-refractivity contribution is -0.140. The quantitative estimate of drug-likeness (QED) is 0.385. The predicted octanol–water partition coefficient (Wildman–Crippen LogP) is 3.19. The summed E-state index contributed by atoms with van der Waals surface area (Å²) < 4.78 is 37.0. The van der Waals surface area contributed by atoms with Crippen LogP contribution in [-0.4, -0.2) is 64.7 Å². The van der Waals surface area contributed by atoms with Crippen molar-refractivity contribution in [2.75, 3.05) is 37.9 Å². The van der Waals surface area contributed by atoms with Crippen molar-refractivity contribution in [3.63, 3.8) is 0 Å². The highest BCUT2D eigenvalue weighted by Gasteiger charge is 2.32. The number of hydrogen-bond donors (Lipinski definition) is 1. The molecule has 1 N–H and O–H groups in total. The van der Waals surface area contributed by atoms with Gasteiger partial charge in [0.1, 0.15) is 24.1 Å². The van der Waals surface area contributed by atoms with Crippen LogP contribution in [0.4, 0.5) is 5.69 Å². The zero-order chi connectivity index (χ0) is 26.7. The minimum Gasteiger partial charge on any atom is -0.497 e. The number of para-hydroxylation sites is 2. The zero-order valence-corrected chi connectivity index (χ0v) is 22.5. The monoisotopic (exact) mass is 519 g/mol. The Morgan fingerprint density at radius 1 is 1.00 bits per heavy atom. The molecule has 0 spiro atoms. The number of amides is 2. The number of hydrogen-bond acceptors (Lipinski definition) is 6. The van der Waals surface area contributed by atoms with Gasteiger partial charge in [-0.2, -0.15) is 0 Å². The van der Waals surface area contributed by atoms with Crippen molar-refractivity contribution in [2.24, 2.45) is 0 Å². The van der Waals surface area contributed by atoms with Crippen LogP contribution in [0.1, 0.15) is 38.7 Å². The second kappa shape index (κ2) is 13.7. The fourth-order valence-corrected chi connectivity index (χ4v) is 4.64. The predicted molar refractivity (Wildman–Crippen MR) is 141 cm³/mol. The summed E-state index contributed by atoms with van der Waals surface area (Å²) in [4.78, 5) is 28.2. The second-order valence-electron chi connectivity index (χ2n) is 8.38. The smallest absolute Gasteiger partial charge is 0.244 e. The number of rotatable bonds is 14. The van der Waals surface area contributed by atoms with Gasteiger partial charge in [-0.25, -0.2) is 8.42 Å². The van der Waals surface area contributed by atoms with Crippen molar-refractivity contribution in [2.45, 2.75) is 45.7 Å². The Morgan fingerprint density at radius 3 is 2.22 bits per heavy atom. The lowest BCUT2D eigenvalue weighted by atomic mass is 10.1. The summed E-state index contributed by atoms with van der Waals surface area (Å²) in [7, 11) is -0.841. The number of ether oxygens (including phenoxy) is 2. The SMILES string of the molecule is CCCCNC(=O)[C@@H](CC)N(Cc1ccc(OC)cc1)C(=O)CN(c1ccccc1OC)S(C)(=O)=O. The molecule has 9 nitrogen and oxygen atoms in total. The van der Waals surface area contributed by atoms with Crippen LogP contribution in [0.15, 0.2) is 48.5 Å². The summed E-state index contributed by atoms with van der Waals surface area (Å²) in [6.45, 7) is 4.01. The fraction of sp³-hybridized carbons (Fsp3) is 0.462. The first kappa shape index (κ1) is 29.0. The van der Waals surface area contributed by atoms with Gasteiger partial charge < -0.3 is 19.7 Å². The maximum atomic E-state index is 13.7. The van der Waals surface area contributed by atoms with Gasteiger partial charge in [-0.3, -0.25) is 13.9 Å². The molecule has 2 rings (SSSR count). The van der Waals surface area contributed by atoms with E-state index in [0.717, 1.165) is 29.0 Å². The molecule has 0 fully saturated rings. The second-order valence-corrected chi connectivity index (χ2v) is 10.3. The highest BCUT2D eigenvalue weighted by atomic mass is 32.2. The number of anilines is 1. The highest BCUT2D eigenvalue weighted by Crippen LogP contribution is 2.29. The molecule has 2 aromatic carbocycles. The first-order valence-electron chi connectivity index (χ1n) is 12.0. The van der Waals surface area contributed by atoms with Crippen LogP contribution in [0.25, 0.3) is 0 Å². The fourth-order valence-electron chi connectivity index (χ4n) is 3.78. The molecule has 0 unspecified atom stereocenters. The van der Waals surface area contributed by atoms with E-state index >= 15 is 0 Å². The molecule has 0 radical (unpaired) electrons. The van der Waals surface area contributed by atoms with E-state index in [1.54, 1.807) is 43.5 Å². The molecule has 0 heterocycles. The molecule has 0 aliphatic carbocycles. The summed E-state index contributed by atoms with van der Waals surface area (Å²) in [5.74, 6) is 0.220. The van der Waals surface area contributed by atoms with Crippen LogP contribution in [0.2, 0.25) is 0 Å². The zero-order valence-electron chi connectivity index (χ0n) is 21.7. The molecule has 0 aromatic heterocycles. The van der Waals surface area contributed by atoms with Gasteiger partial charge >= 0.3 is 0 Å². The van der Waals surface area contributed by atoms with Gasteiger partial charge in [-0.1, -0.05) is 44.5 Å². The molecule has 36 heavy (non-hydrogen) atoms. The molecule has 10 heteroatoms. The van der Waals surface area contributed by atoms with Crippen LogP contribution < -0.4 is 19.1 Å². The van der Waals surface area contributed by atoms with Crippen molar-refractivity contribution < 1.29 is 27.5 Å². The van der Waals surface area contributed by atoms with Gasteiger partial charge in [0.05, 0.1) is 26.2 Å². The number of unbranched alkanes of at least 4 members (excludes halogenated alkanes) is 1. The Hall–Kier alpha value is -3.27. The molecular weight excluding hydrogens is 482 g/mol. The number of nitrogens with one attached hydrogen (secondary N) is 1. The van der Waals surface area contributed by atoms with Gasteiger partial charge in [0.25, 0.3) is 0 Å². The van der Waals surface area contributed by atoms with E-state index in [2.05, 4.69) is 5.32 Å². The summed E-state index contributed by atoms with van der Waals surface area (Å²) in [5, 5.41) is 2.90. The number of sulfonamides is 1. The van der Waals surface area contributed by atoms with Gasteiger partial charge in [-0.05, 0) is 42.7 Å². The Bertz CT molecular complexity index is 1100. The van der Waals surface area contributed by atoms with Crippen LogP contribution in [-0.2, 0) is 26.2 Å². The third-order valence-corrected chi connectivity index (χ3v) is 6.89. The molecule has 0 aliphatic heterocycles. The van der Waals surface area contributed by atoms with Gasteiger partial charge in [-0.15, -0.1) is 0 Å². The van der Waals surface area contributed by atoms with Crippen LogP contribution in [0.5, 0.6) is 11.5 Å². The summed E-state index contributed by atoms with van der Waals surface area (Å²) >= 11 is 0. The van der Waals surface area contributed by atoms with Crippen molar-refractivity contribution in [1.29, 1.82) is 0 Å². The Morgan fingerprint density at radius 2 is 1.67 bits per heavy atom. The molecule has 0 saturated heterocycles. The average molecular weight is 520 g/mol. The van der Waals surface area contributed by atoms with Crippen molar-refractivity contribution in [3.05, 3.63) is 54.1 Å². The first-order valence-corrected chi connectivity index (χ1v) is 13.8. The summed E-state index contributed by atoms with van der Waals surface area (Å²) in [6, 6.07) is 13.0. The molecule has 198 valence electrons. The minimum atomic E-state index is -3.84. The maximum absolute atomic E-state index is 13.7. The summed E-state index contributed by atoms with van der Waals surface area (Å²) in [5.41, 5.74) is 1.04. The van der Waals surface area contributed by atoms with Crippen molar-refractivity contribution in [1.82, 2.24) is 10.2 Å². The Kier molecular flexibility index (Phi) is 11.0. The molecule has 1 atom stereocenters. The Balaban J connectivity index is 2.43. The third-order valence-electron chi connectivity index (χ3n) is 5.76. The summed E-state index contributed by atoms with van der Waals surface area (Å²) in [6.07, 6.45) is 3.15. The molecule has 0 saturated carbocycles. The maximum Gasteiger partial charge on any atom is 0.244 e. The van der Waals surface area contributed by atoms with Gasteiger partial charge in [0.2, 0.25) is 21.8 Å². The van der Waals surface area contributed by atoms with Crippen LogP contribution in [0, 0.1) is 0 Å². The van der Waals surface area contributed by atoms with Crippen molar-refractivity contribution >= 4 is 27.5 Å². The Labute approximate surface area is 214 Å². The van der Waals surface area contributed by atoms with E-state index in [1.807, 2.05) is 26.0 Å². The minimum absolute atomic E-state index is 0.131. The lowest BCUT2D eigenvalue weighted by Gasteiger charge is -2.33. The normalized spacial score (nSPS) is 11.9. The molecule has 2 amide bonds. The van der Waals surface area contributed by atoms with Gasteiger partial charge in [0, 0.05) is 13.1 Å². The first-order chi connectivity index (χ1) is 17.2. The topological polar surface area (TPSA) is 105 Å². The number of carbonyl (C=O) groups excluding carboxylic acids is 2. The van der Waals surface area contributed by atoms with E-state index in [4.69, 9.17) is 9.47 Å². The number of carbonyl (C=O) groups is 2. The molecule has 0 bridgehead atoms. The van der Waals surface area contributed by atoms with E-state index in [-0.39, 0.29) is 18.1 Å². The average Bonchev–Trinajstić information content (AvgIpc) is 2.86. The molecule has 2 aromatic rings. The lowest BCUT2D eigenvalue weighted by Crippen LogP contribution is -2.52. The molecule has 0 aliphatic rings. The van der Waals surface area contributed by atoms with E-state index in [1.165, 1.54) is 12.0 Å². The highest BCUT2D eigenvalue weighted by molar-refractivity contribution is 7.92. The van der Waals surface area contributed by atoms with E-state index in [9.17, 15) is 18.0 Å². The van der Waals surface area contributed by atoms with E-state index in [0.29, 0.717) is 24.5 Å². The van der Waals surface area contributed by atoms with E-state index < -0.39 is 28.5 Å². The number of benzene rings is 2. The number of methoxy groups -OCH3 is 2. The largest absolute Gasteiger partial charge is 0.497 e. The third kappa shape index (κ3) is 7.87. The van der Waals surface area contributed by atoms with Crippen LogP contribution >= 0.6 is 0 Å². The number of nitrogens with zero attached hydrogens (tertiary/aromatic N) is 2.